The van der Waals surface area contributed by atoms with Gasteiger partial charge in [-0.1, -0.05) is 45.0 Å². The molecule has 1 aromatic carbocycles. The van der Waals surface area contributed by atoms with Crippen LogP contribution in [0.15, 0.2) is 24.3 Å². The molecule has 0 aliphatic carbocycles. The smallest absolute Gasteiger partial charge is 0.0668 e. The van der Waals surface area contributed by atoms with E-state index < -0.39 is 0 Å². The van der Waals surface area contributed by atoms with Gasteiger partial charge in [0.1, 0.15) is 0 Å². The molecular formula is C17H29NO. The van der Waals surface area contributed by atoms with Gasteiger partial charge >= 0.3 is 0 Å². The zero-order valence-corrected chi connectivity index (χ0v) is 13.1. The Morgan fingerprint density at radius 3 is 2.21 bits per heavy atom. The zero-order chi connectivity index (χ0) is 14.3. The average Bonchev–Trinajstić information content (AvgIpc) is 2.43. The zero-order valence-electron chi connectivity index (χ0n) is 13.1. The first-order chi connectivity index (χ1) is 9.02. The molecule has 0 aliphatic rings. The lowest BCUT2D eigenvalue weighted by molar-refractivity contribution is -0.0306. The van der Waals surface area contributed by atoms with E-state index in [4.69, 9.17) is 4.74 Å². The van der Waals surface area contributed by atoms with Crippen molar-refractivity contribution in [1.82, 2.24) is 5.32 Å². The molecule has 1 rings (SSSR count). The van der Waals surface area contributed by atoms with Crippen LogP contribution in [0.1, 0.15) is 58.2 Å². The van der Waals surface area contributed by atoms with Crippen molar-refractivity contribution in [3.05, 3.63) is 35.4 Å². The van der Waals surface area contributed by atoms with E-state index in [1.165, 1.54) is 11.1 Å². The van der Waals surface area contributed by atoms with Gasteiger partial charge in [0.25, 0.3) is 0 Å². The molecule has 2 nitrogen and oxygen atoms in total. The molecule has 108 valence electrons. The molecule has 0 aliphatic heterocycles. The molecular weight excluding hydrogens is 234 g/mol. The fourth-order valence-electron chi connectivity index (χ4n) is 1.92. The molecule has 0 amide bonds. The summed E-state index contributed by atoms with van der Waals surface area (Å²) in [6.07, 6.45) is 2.12. The average molecular weight is 263 g/mol. The minimum atomic E-state index is -0.0446. The summed E-state index contributed by atoms with van der Waals surface area (Å²) in [5.74, 6) is 0. The van der Waals surface area contributed by atoms with E-state index in [1.54, 1.807) is 0 Å². The summed E-state index contributed by atoms with van der Waals surface area (Å²) in [4.78, 5) is 0. The number of ether oxygens (including phenoxy) is 1. The highest BCUT2D eigenvalue weighted by molar-refractivity contribution is 5.25. The van der Waals surface area contributed by atoms with Crippen LogP contribution in [-0.2, 0) is 11.2 Å². The van der Waals surface area contributed by atoms with Crippen molar-refractivity contribution in [2.24, 2.45) is 0 Å². The Balaban J connectivity index is 2.70. The third-order valence-corrected chi connectivity index (χ3v) is 3.73. The molecule has 0 saturated carbocycles. The van der Waals surface area contributed by atoms with Crippen molar-refractivity contribution in [3.8, 4) is 0 Å². The Hall–Kier alpha value is -0.860. The van der Waals surface area contributed by atoms with Crippen LogP contribution in [-0.4, -0.2) is 18.8 Å². The first kappa shape index (κ1) is 16.2. The molecule has 0 bridgehead atoms. The van der Waals surface area contributed by atoms with Crippen LogP contribution in [0.25, 0.3) is 0 Å². The van der Waals surface area contributed by atoms with Gasteiger partial charge in [-0.05, 0) is 44.4 Å². The first-order valence-corrected chi connectivity index (χ1v) is 7.48. The van der Waals surface area contributed by atoms with Crippen LogP contribution in [0.4, 0.5) is 0 Å². The Morgan fingerprint density at radius 2 is 1.74 bits per heavy atom. The van der Waals surface area contributed by atoms with Gasteiger partial charge in [0.05, 0.1) is 18.2 Å². The van der Waals surface area contributed by atoms with Crippen LogP contribution < -0.4 is 5.32 Å². The maximum atomic E-state index is 6.04. The normalized spacial score (nSPS) is 13.5. The van der Waals surface area contributed by atoms with Gasteiger partial charge in [0.2, 0.25) is 0 Å². The Labute approximate surface area is 118 Å². The van der Waals surface area contributed by atoms with Crippen LogP contribution in [0.2, 0.25) is 0 Å². The van der Waals surface area contributed by atoms with E-state index >= 15 is 0 Å². The van der Waals surface area contributed by atoms with Crippen molar-refractivity contribution in [2.45, 2.75) is 59.1 Å². The van der Waals surface area contributed by atoms with Crippen molar-refractivity contribution in [2.75, 3.05) is 13.2 Å². The van der Waals surface area contributed by atoms with E-state index in [9.17, 15) is 0 Å². The summed E-state index contributed by atoms with van der Waals surface area (Å²) in [6, 6.07) is 9.14. The van der Waals surface area contributed by atoms with Crippen molar-refractivity contribution in [3.63, 3.8) is 0 Å². The SMILES string of the molecule is CCNC(COC(C)(C)CC)c1ccc(CC)cc1. The first-order valence-electron chi connectivity index (χ1n) is 7.48. The van der Waals surface area contributed by atoms with Gasteiger partial charge < -0.3 is 10.1 Å². The second kappa shape index (κ2) is 7.66. The van der Waals surface area contributed by atoms with E-state index in [2.05, 4.69) is 64.2 Å². The van der Waals surface area contributed by atoms with E-state index in [0.717, 1.165) is 26.0 Å². The summed E-state index contributed by atoms with van der Waals surface area (Å²) in [5.41, 5.74) is 2.65. The van der Waals surface area contributed by atoms with Gasteiger partial charge in [0, 0.05) is 0 Å². The van der Waals surface area contributed by atoms with Crippen molar-refractivity contribution >= 4 is 0 Å². The molecule has 1 atom stereocenters. The summed E-state index contributed by atoms with van der Waals surface area (Å²) in [5, 5.41) is 3.51. The van der Waals surface area contributed by atoms with E-state index in [0.29, 0.717) is 0 Å². The molecule has 19 heavy (non-hydrogen) atoms. The van der Waals surface area contributed by atoms with E-state index in [1.807, 2.05) is 0 Å². The number of rotatable bonds is 8. The number of benzene rings is 1. The molecule has 1 N–H and O–H groups in total. The highest BCUT2D eigenvalue weighted by atomic mass is 16.5. The highest BCUT2D eigenvalue weighted by Gasteiger charge is 2.19. The molecule has 0 spiro atoms. The molecule has 0 aromatic heterocycles. The summed E-state index contributed by atoms with van der Waals surface area (Å²) in [6.45, 7) is 12.5. The lowest BCUT2D eigenvalue weighted by Crippen LogP contribution is -2.31. The predicted octanol–water partition coefficient (Wildman–Crippen LogP) is 4.10. The van der Waals surface area contributed by atoms with Crippen LogP contribution in [0.5, 0.6) is 0 Å². The van der Waals surface area contributed by atoms with Gasteiger partial charge in [0.15, 0.2) is 0 Å². The van der Waals surface area contributed by atoms with Gasteiger partial charge in [-0.15, -0.1) is 0 Å². The van der Waals surface area contributed by atoms with Crippen molar-refractivity contribution in [1.29, 1.82) is 0 Å². The Kier molecular flexibility index (Phi) is 6.53. The fraction of sp³-hybridized carbons (Fsp3) is 0.647. The largest absolute Gasteiger partial charge is 0.374 e. The molecule has 0 heterocycles. The lowest BCUT2D eigenvalue weighted by Gasteiger charge is -2.27. The van der Waals surface area contributed by atoms with E-state index in [-0.39, 0.29) is 11.6 Å². The monoisotopic (exact) mass is 263 g/mol. The minimum Gasteiger partial charge on any atom is -0.374 e. The molecule has 0 saturated heterocycles. The topological polar surface area (TPSA) is 21.3 Å². The third-order valence-electron chi connectivity index (χ3n) is 3.73. The summed E-state index contributed by atoms with van der Waals surface area (Å²) < 4.78 is 6.04. The minimum absolute atomic E-state index is 0.0446. The molecule has 0 fully saturated rings. The second-order valence-corrected chi connectivity index (χ2v) is 5.63. The van der Waals surface area contributed by atoms with Crippen LogP contribution in [0.3, 0.4) is 0 Å². The number of aryl methyl sites for hydroxylation is 1. The molecule has 1 unspecified atom stereocenters. The number of hydrogen-bond donors (Lipinski definition) is 1. The number of likely N-dealkylation sites (N-methyl/N-ethyl adjacent to an activating group) is 1. The molecule has 2 heteroatoms. The Morgan fingerprint density at radius 1 is 1.11 bits per heavy atom. The predicted molar refractivity (Wildman–Crippen MR) is 82.6 cm³/mol. The van der Waals surface area contributed by atoms with Crippen LogP contribution in [0, 0.1) is 0 Å². The quantitative estimate of drug-likeness (QED) is 0.762. The lowest BCUT2D eigenvalue weighted by atomic mass is 10.0. The maximum absolute atomic E-state index is 6.04. The number of nitrogens with one attached hydrogen (secondary N) is 1. The highest BCUT2D eigenvalue weighted by Crippen LogP contribution is 2.20. The summed E-state index contributed by atoms with van der Waals surface area (Å²) in [7, 11) is 0. The van der Waals surface area contributed by atoms with Gasteiger partial charge in [-0.3, -0.25) is 0 Å². The third kappa shape index (κ3) is 5.33. The van der Waals surface area contributed by atoms with Gasteiger partial charge in [-0.25, -0.2) is 0 Å². The maximum Gasteiger partial charge on any atom is 0.0668 e. The van der Waals surface area contributed by atoms with Gasteiger partial charge in [-0.2, -0.15) is 0 Å². The fourth-order valence-corrected chi connectivity index (χ4v) is 1.92. The Bertz CT molecular complexity index is 356. The van der Waals surface area contributed by atoms with Crippen LogP contribution >= 0.6 is 0 Å². The second-order valence-electron chi connectivity index (χ2n) is 5.63. The summed E-state index contributed by atoms with van der Waals surface area (Å²) >= 11 is 0. The number of hydrogen-bond acceptors (Lipinski definition) is 2. The molecule has 0 radical (unpaired) electrons. The molecule has 1 aromatic rings. The van der Waals surface area contributed by atoms with Crippen molar-refractivity contribution < 1.29 is 4.74 Å². The standard InChI is InChI=1S/C17H29NO/c1-6-14-9-11-15(12-10-14)16(18-8-3)13-19-17(4,5)7-2/h9-12,16,18H,6-8,13H2,1-5H3.